The van der Waals surface area contributed by atoms with E-state index in [0.717, 1.165) is 5.56 Å². The van der Waals surface area contributed by atoms with Gasteiger partial charge in [-0.05, 0) is 31.5 Å². The minimum Gasteiger partial charge on any atom is -0.313 e. The summed E-state index contributed by atoms with van der Waals surface area (Å²) in [6, 6.07) is 7.31. The molecule has 4 nitrogen and oxygen atoms in total. The summed E-state index contributed by atoms with van der Waals surface area (Å²) >= 11 is 5.98. The second-order valence-corrected chi connectivity index (χ2v) is 8.51. The second-order valence-electron chi connectivity index (χ2n) is 5.67. The molecule has 0 saturated carbocycles. The van der Waals surface area contributed by atoms with Crippen molar-refractivity contribution in [1.82, 2.24) is 9.62 Å². The Bertz CT molecular complexity index is 561. The molecule has 0 bridgehead atoms. The van der Waals surface area contributed by atoms with Crippen LogP contribution in [0.4, 0.5) is 0 Å². The van der Waals surface area contributed by atoms with Gasteiger partial charge in [-0.1, -0.05) is 37.6 Å². The molecule has 0 amide bonds. The average Bonchev–Trinajstić information content (AvgIpc) is 2.42. The lowest BCUT2D eigenvalue weighted by molar-refractivity contribution is 0.390. The van der Waals surface area contributed by atoms with E-state index in [1.165, 1.54) is 4.31 Å². The summed E-state index contributed by atoms with van der Waals surface area (Å²) in [5.74, 6) is 0. The van der Waals surface area contributed by atoms with Crippen molar-refractivity contribution in [3.63, 3.8) is 0 Å². The highest BCUT2D eigenvalue weighted by molar-refractivity contribution is 7.89. The molecule has 0 aliphatic rings. The van der Waals surface area contributed by atoms with Crippen molar-refractivity contribution in [3.8, 4) is 0 Å². The Labute approximate surface area is 133 Å². The lowest BCUT2D eigenvalue weighted by Gasteiger charge is -2.28. The molecular weight excluding hydrogens is 308 g/mol. The second kappa shape index (κ2) is 7.58. The molecule has 21 heavy (non-hydrogen) atoms. The molecular formula is C15H25ClN2O2S. The monoisotopic (exact) mass is 332 g/mol. The summed E-state index contributed by atoms with van der Waals surface area (Å²) in [7, 11) is -1.75. The third-order valence-corrected chi connectivity index (χ3v) is 6.14. The van der Waals surface area contributed by atoms with Crippen molar-refractivity contribution >= 4 is 21.6 Å². The molecule has 120 valence electrons. The zero-order valence-corrected chi connectivity index (χ0v) is 14.9. The molecule has 1 rings (SSSR count). The lowest BCUT2D eigenvalue weighted by Crippen LogP contribution is -2.42. The molecule has 0 aromatic heterocycles. The number of benzene rings is 1. The van der Waals surface area contributed by atoms with Crippen molar-refractivity contribution in [2.24, 2.45) is 0 Å². The van der Waals surface area contributed by atoms with Gasteiger partial charge in [-0.25, -0.2) is 8.42 Å². The minimum absolute atomic E-state index is 0.254. The Morgan fingerprint density at radius 1 is 1.24 bits per heavy atom. The van der Waals surface area contributed by atoms with Gasteiger partial charge in [-0.2, -0.15) is 4.31 Å². The van der Waals surface area contributed by atoms with E-state index in [9.17, 15) is 8.42 Å². The first-order valence-corrected chi connectivity index (χ1v) is 9.00. The fourth-order valence-corrected chi connectivity index (χ4v) is 3.62. The molecule has 1 N–H and O–H groups in total. The number of nitrogens with one attached hydrogen (secondary N) is 1. The molecule has 0 heterocycles. The third-order valence-electron chi connectivity index (χ3n) is 3.60. The van der Waals surface area contributed by atoms with Gasteiger partial charge in [-0.3, -0.25) is 0 Å². The molecule has 0 aliphatic carbocycles. The summed E-state index contributed by atoms with van der Waals surface area (Å²) in [6.45, 7) is 8.03. The van der Waals surface area contributed by atoms with Crippen LogP contribution in [0.2, 0.25) is 5.02 Å². The maximum atomic E-state index is 12.6. The predicted molar refractivity (Wildman–Crippen MR) is 89.2 cm³/mol. The summed E-state index contributed by atoms with van der Waals surface area (Å²) in [4.78, 5) is 0. The average molecular weight is 333 g/mol. The standard InChI is InChI=1S/C15H25ClN2O2S/c1-11(2)17-10-12(3)21(19,20)18(5)13(4)14-7-6-8-15(16)9-14/h6-9,11-13,17H,10H2,1-5H3. The van der Waals surface area contributed by atoms with Crippen molar-refractivity contribution in [1.29, 1.82) is 0 Å². The van der Waals surface area contributed by atoms with E-state index in [4.69, 9.17) is 11.6 Å². The number of rotatable bonds is 7. The highest BCUT2D eigenvalue weighted by atomic mass is 35.5. The third kappa shape index (κ3) is 4.95. The van der Waals surface area contributed by atoms with Crippen LogP contribution in [-0.4, -0.2) is 37.6 Å². The van der Waals surface area contributed by atoms with Crippen LogP contribution in [0.25, 0.3) is 0 Å². The molecule has 0 radical (unpaired) electrons. The number of sulfonamides is 1. The highest BCUT2D eigenvalue weighted by Crippen LogP contribution is 2.25. The van der Waals surface area contributed by atoms with Crippen LogP contribution in [0.1, 0.15) is 39.3 Å². The highest BCUT2D eigenvalue weighted by Gasteiger charge is 2.29. The fourth-order valence-electron chi connectivity index (χ4n) is 1.99. The first kappa shape index (κ1) is 18.4. The first-order valence-electron chi connectivity index (χ1n) is 7.12. The normalized spacial score (nSPS) is 15.4. The van der Waals surface area contributed by atoms with E-state index in [1.807, 2.05) is 32.9 Å². The predicted octanol–water partition coefficient (Wildman–Crippen LogP) is 3.05. The van der Waals surface area contributed by atoms with E-state index in [0.29, 0.717) is 11.6 Å². The van der Waals surface area contributed by atoms with Crippen LogP contribution in [-0.2, 0) is 10.0 Å². The molecule has 2 unspecified atom stereocenters. The van der Waals surface area contributed by atoms with Crippen molar-refractivity contribution in [2.75, 3.05) is 13.6 Å². The van der Waals surface area contributed by atoms with Gasteiger partial charge in [0.1, 0.15) is 0 Å². The van der Waals surface area contributed by atoms with E-state index in [1.54, 1.807) is 26.1 Å². The summed E-state index contributed by atoms with van der Waals surface area (Å²) < 4.78 is 26.6. The number of halogens is 1. The smallest absolute Gasteiger partial charge is 0.218 e. The van der Waals surface area contributed by atoms with Crippen LogP contribution in [0, 0.1) is 0 Å². The van der Waals surface area contributed by atoms with Crippen LogP contribution >= 0.6 is 11.6 Å². The number of nitrogens with zero attached hydrogens (tertiary/aromatic N) is 1. The molecule has 6 heteroatoms. The van der Waals surface area contributed by atoms with Gasteiger partial charge >= 0.3 is 0 Å². The summed E-state index contributed by atoms with van der Waals surface area (Å²) in [5.41, 5.74) is 0.887. The zero-order chi connectivity index (χ0) is 16.2. The van der Waals surface area contributed by atoms with Gasteiger partial charge in [0.2, 0.25) is 10.0 Å². The molecule has 0 saturated heterocycles. The maximum Gasteiger partial charge on any atom is 0.218 e. The Hall–Kier alpha value is -0.620. The molecule has 0 aliphatic heterocycles. The molecule has 2 atom stereocenters. The van der Waals surface area contributed by atoms with Crippen molar-refractivity contribution in [2.45, 2.75) is 45.0 Å². The van der Waals surface area contributed by atoms with Crippen molar-refractivity contribution in [3.05, 3.63) is 34.9 Å². The molecule has 1 aromatic carbocycles. The Kier molecular flexibility index (Phi) is 6.66. The van der Waals surface area contributed by atoms with E-state index in [2.05, 4.69) is 5.32 Å². The van der Waals surface area contributed by atoms with Crippen LogP contribution in [0.15, 0.2) is 24.3 Å². The number of hydrogen-bond acceptors (Lipinski definition) is 3. The number of hydrogen-bond donors (Lipinski definition) is 1. The first-order chi connectivity index (χ1) is 9.66. The van der Waals surface area contributed by atoms with Crippen LogP contribution < -0.4 is 5.32 Å². The van der Waals surface area contributed by atoms with Gasteiger partial charge in [0.05, 0.1) is 5.25 Å². The van der Waals surface area contributed by atoms with Gasteiger partial charge in [0.15, 0.2) is 0 Å². The fraction of sp³-hybridized carbons (Fsp3) is 0.600. The van der Waals surface area contributed by atoms with E-state index >= 15 is 0 Å². The topological polar surface area (TPSA) is 49.4 Å². The van der Waals surface area contributed by atoms with Crippen LogP contribution in [0.3, 0.4) is 0 Å². The Morgan fingerprint density at radius 3 is 2.38 bits per heavy atom. The Morgan fingerprint density at radius 2 is 1.86 bits per heavy atom. The van der Waals surface area contributed by atoms with Crippen LogP contribution in [0.5, 0.6) is 0 Å². The van der Waals surface area contributed by atoms with Gasteiger partial charge in [0, 0.05) is 30.7 Å². The van der Waals surface area contributed by atoms with E-state index < -0.39 is 15.3 Å². The SMILES string of the molecule is CC(C)NCC(C)S(=O)(=O)N(C)C(C)c1cccc(Cl)c1. The zero-order valence-electron chi connectivity index (χ0n) is 13.3. The summed E-state index contributed by atoms with van der Waals surface area (Å²) in [5, 5.41) is 3.30. The minimum atomic E-state index is -3.37. The van der Waals surface area contributed by atoms with Gasteiger partial charge in [-0.15, -0.1) is 0 Å². The largest absolute Gasteiger partial charge is 0.313 e. The van der Waals surface area contributed by atoms with Crippen molar-refractivity contribution < 1.29 is 8.42 Å². The molecule has 0 spiro atoms. The van der Waals surface area contributed by atoms with E-state index in [-0.39, 0.29) is 12.1 Å². The Balaban J connectivity index is 2.87. The molecule has 0 fully saturated rings. The summed E-state index contributed by atoms with van der Waals surface area (Å²) in [6.07, 6.45) is 0. The quantitative estimate of drug-likeness (QED) is 0.835. The lowest BCUT2D eigenvalue weighted by atomic mass is 10.1. The molecule has 1 aromatic rings. The van der Waals surface area contributed by atoms with Gasteiger partial charge in [0.25, 0.3) is 0 Å². The maximum absolute atomic E-state index is 12.6. The van der Waals surface area contributed by atoms with Gasteiger partial charge < -0.3 is 5.32 Å².